The maximum Gasteiger partial charge on any atom is 0.0962 e. The van der Waals surface area contributed by atoms with E-state index in [0.29, 0.717) is 0 Å². The molecule has 4 heteroatoms. The molecule has 2 rings (SSSR count). The van der Waals surface area contributed by atoms with Crippen LogP contribution in [0.3, 0.4) is 0 Å². The van der Waals surface area contributed by atoms with Crippen molar-refractivity contribution in [2.45, 2.75) is 43.1 Å². The van der Waals surface area contributed by atoms with Gasteiger partial charge in [0.1, 0.15) is 0 Å². The van der Waals surface area contributed by atoms with Crippen LogP contribution in [0.2, 0.25) is 0 Å². The normalized spacial score (nSPS) is 21.5. The van der Waals surface area contributed by atoms with E-state index in [0.717, 1.165) is 36.1 Å². The summed E-state index contributed by atoms with van der Waals surface area (Å²) in [6, 6.07) is 2.29. The Morgan fingerprint density at radius 2 is 2.11 bits per heavy atom. The zero-order valence-corrected chi connectivity index (χ0v) is 12.6. The zero-order chi connectivity index (χ0) is 12.6. The molecule has 100 valence electrons. The maximum atomic E-state index is 8.90. The summed E-state index contributed by atoms with van der Waals surface area (Å²) in [4.78, 5) is 2.34. The second-order valence-corrected chi connectivity index (χ2v) is 7.85. The third kappa shape index (κ3) is 4.78. The number of nitriles is 1. The SMILES string of the molecule is N#CC1=CN(CCCCC2SCCCS2)CCC1. The molecular weight excluding hydrogens is 260 g/mol. The van der Waals surface area contributed by atoms with E-state index < -0.39 is 0 Å². The topological polar surface area (TPSA) is 27.0 Å². The summed E-state index contributed by atoms with van der Waals surface area (Å²) in [5.41, 5.74) is 0.958. The van der Waals surface area contributed by atoms with Crippen molar-refractivity contribution in [3.05, 3.63) is 11.8 Å². The van der Waals surface area contributed by atoms with Gasteiger partial charge in [0.25, 0.3) is 0 Å². The molecule has 0 unspecified atom stereocenters. The van der Waals surface area contributed by atoms with E-state index in [2.05, 4.69) is 40.7 Å². The highest BCUT2D eigenvalue weighted by Crippen LogP contribution is 2.33. The summed E-state index contributed by atoms with van der Waals surface area (Å²) in [7, 11) is 0. The molecule has 0 saturated carbocycles. The molecule has 0 aromatic rings. The van der Waals surface area contributed by atoms with E-state index in [1.165, 1.54) is 37.2 Å². The first-order chi connectivity index (χ1) is 8.88. The molecule has 0 aromatic carbocycles. The van der Waals surface area contributed by atoms with Crippen molar-refractivity contribution in [1.82, 2.24) is 4.90 Å². The van der Waals surface area contributed by atoms with Crippen LogP contribution in [0.15, 0.2) is 11.8 Å². The lowest BCUT2D eigenvalue weighted by Gasteiger charge is -2.25. The average molecular weight is 282 g/mol. The fourth-order valence-corrected chi connectivity index (χ4v) is 5.37. The minimum atomic E-state index is 0.852. The smallest absolute Gasteiger partial charge is 0.0962 e. The van der Waals surface area contributed by atoms with Gasteiger partial charge in [-0.2, -0.15) is 5.26 Å². The highest BCUT2D eigenvalue weighted by atomic mass is 32.2. The molecule has 2 aliphatic heterocycles. The average Bonchev–Trinajstić information content (AvgIpc) is 2.45. The summed E-state index contributed by atoms with van der Waals surface area (Å²) in [5, 5.41) is 8.90. The Hall–Kier alpha value is -0.270. The van der Waals surface area contributed by atoms with E-state index in [1.807, 2.05) is 0 Å². The Labute approximate surface area is 119 Å². The van der Waals surface area contributed by atoms with Crippen molar-refractivity contribution < 1.29 is 0 Å². The van der Waals surface area contributed by atoms with Crippen LogP contribution in [0.25, 0.3) is 0 Å². The van der Waals surface area contributed by atoms with E-state index >= 15 is 0 Å². The van der Waals surface area contributed by atoms with Gasteiger partial charge in [-0.15, -0.1) is 23.5 Å². The van der Waals surface area contributed by atoms with Crippen LogP contribution in [-0.4, -0.2) is 34.1 Å². The summed E-state index contributed by atoms with van der Waals surface area (Å²) in [6.07, 6.45) is 9.55. The van der Waals surface area contributed by atoms with Gasteiger partial charge in [-0.3, -0.25) is 0 Å². The van der Waals surface area contributed by atoms with E-state index in [-0.39, 0.29) is 0 Å². The number of unbranched alkanes of at least 4 members (excludes halogenated alkanes) is 1. The molecule has 0 atom stereocenters. The predicted molar refractivity (Wildman–Crippen MR) is 81.7 cm³/mol. The lowest BCUT2D eigenvalue weighted by Crippen LogP contribution is -2.24. The molecule has 0 N–H and O–H groups in total. The Morgan fingerprint density at radius 1 is 1.28 bits per heavy atom. The standard InChI is InChI=1S/C14H22N2S2/c15-11-13-5-3-8-16(12-13)7-2-1-6-14-17-9-4-10-18-14/h12,14H,1-10H2. The molecule has 0 radical (unpaired) electrons. The third-order valence-corrected chi connectivity index (χ3v) is 6.49. The number of hydrogen-bond acceptors (Lipinski definition) is 4. The van der Waals surface area contributed by atoms with Crippen molar-refractivity contribution in [2.75, 3.05) is 24.6 Å². The molecule has 18 heavy (non-hydrogen) atoms. The van der Waals surface area contributed by atoms with E-state index in [4.69, 9.17) is 5.26 Å². The molecule has 0 aliphatic carbocycles. The van der Waals surface area contributed by atoms with Crippen molar-refractivity contribution in [3.63, 3.8) is 0 Å². The lowest BCUT2D eigenvalue weighted by molar-refractivity contribution is 0.341. The third-order valence-electron chi connectivity index (χ3n) is 3.40. The summed E-state index contributed by atoms with van der Waals surface area (Å²) < 4.78 is 0.852. The van der Waals surface area contributed by atoms with Crippen LogP contribution < -0.4 is 0 Å². The minimum Gasteiger partial charge on any atom is -0.377 e. The minimum absolute atomic E-state index is 0.852. The van der Waals surface area contributed by atoms with Crippen molar-refractivity contribution in [3.8, 4) is 6.07 Å². The quantitative estimate of drug-likeness (QED) is 0.716. The predicted octanol–water partition coefficient (Wildman–Crippen LogP) is 3.86. The fourth-order valence-electron chi connectivity index (χ4n) is 2.41. The Balaban J connectivity index is 1.59. The number of nitrogens with zero attached hydrogens (tertiary/aromatic N) is 2. The van der Waals surface area contributed by atoms with Gasteiger partial charge in [-0.1, -0.05) is 0 Å². The first kappa shape index (κ1) is 14.1. The van der Waals surface area contributed by atoms with Crippen LogP contribution in [0.1, 0.15) is 38.5 Å². The molecular formula is C14H22N2S2. The molecule has 2 heterocycles. The molecule has 2 nitrogen and oxygen atoms in total. The second-order valence-electron chi connectivity index (χ2n) is 4.93. The molecule has 1 fully saturated rings. The zero-order valence-electron chi connectivity index (χ0n) is 10.9. The van der Waals surface area contributed by atoms with E-state index in [9.17, 15) is 0 Å². The van der Waals surface area contributed by atoms with Gasteiger partial charge in [0.05, 0.1) is 10.7 Å². The van der Waals surface area contributed by atoms with Gasteiger partial charge in [-0.05, 0) is 50.0 Å². The maximum absolute atomic E-state index is 8.90. The summed E-state index contributed by atoms with van der Waals surface area (Å²) in [6.45, 7) is 2.27. The summed E-state index contributed by atoms with van der Waals surface area (Å²) in [5.74, 6) is 2.72. The highest BCUT2D eigenvalue weighted by molar-refractivity contribution is 8.17. The van der Waals surface area contributed by atoms with Gasteiger partial charge >= 0.3 is 0 Å². The number of rotatable bonds is 5. The van der Waals surface area contributed by atoms with Crippen molar-refractivity contribution in [2.24, 2.45) is 0 Å². The first-order valence-electron chi connectivity index (χ1n) is 6.96. The van der Waals surface area contributed by atoms with Crippen LogP contribution in [0, 0.1) is 11.3 Å². The number of allylic oxidation sites excluding steroid dienone is 1. The van der Waals surface area contributed by atoms with Crippen LogP contribution >= 0.6 is 23.5 Å². The lowest BCUT2D eigenvalue weighted by atomic mass is 10.1. The second kappa shape index (κ2) is 8.01. The molecule has 0 amide bonds. The number of hydrogen-bond donors (Lipinski definition) is 0. The number of thioether (sulfide) groups is 2. The Morgan fingerprint density at radius 3 is 2.89 bits per heavy atom. The van der Waals surface area contributed by atoms with Gasteiger partial charge in [-0.25, -0.2) is 0 Å². The van der Waals surface area contributed by atoms with Gasteiger partial charge in [0.2, 0.25) is 0 Å². The van der Waals surface area contributed by atoms with E-state index in [1.54, 1.807) is 0 Å². The monoisotopic (exact) mass is 282 g/mol. The van der Waals surface area contributed by atoms with Crippen LogP contribution in [0.4, 0.5) is 0 Å². The van der Waals surface area contributed by atoms with Gasteiger partial charge in [0.15, 0.2) is 0 Å². The Bertz CT molecular complexity index is 316. The molecule has 0 aromatic heterocycles. The van der Waals surface area contributed by atoms with Crippen molar-refractivity contribution >= 4 is 23.5 Å². The van der Waals surface area contributed by atoms with Gasteiger partial charge < -0.3 is 4.90 Å². The van der Waals surface area contributed by atoms with Crippen molar-refractivity contribution in [1.29, 1.82) is 5.26 Å². The van der Waals surface area contributed by atoms with Crippen LogP contribution in [0.5, 0.6) is 0 Å². The molecule has 2 aliphatic rings. The molecule has 0 bridgehead atoms. The highest BCUT2D eigenvalue weighted by Gasteiger charge is 2.14. The largest absolute Gasteiger partial charge is 0.377 e. The first-order valence-corrected chi connectivity index (χ1v) is 9.06. The van der Waals surface area contributed by atoms with Crippen LogP contribution in [-0.2, 0) is 0 Å². The molecule has 0 spiro atoms. The summed E-state index contributed by atoms with van der Waals surface area (Å²) >= 11 is 4.30. The fraction of sp³-hybridized carbons (Fsp3) is 0.786. The Kier molecular flexibility index (Phi) is 6.30. The van der Waals surface area contributed by atoms with Gasteiger partial charge in [0, 0.05) is 24.9 Å². The molecule has 1 saturated heterocycles.